The van der Waals surface area contributed by atoms with Crippen molar-refractivity contribution in [3.63, 3.8) is 0 Å². The standard InChI is InChI=1S/C16H24/c1-2-3-7-13-8-6-11-16(12-15(13)16)14-9-4-5-10-14/h6,8,11,14-15H,2-5,7,9-10,12H2,1H3. The highest BCUT2D eigenvalue weighted by Gasteiger charge is 2.58. The molecule has 3 aliphatic carbocycles. The zero-order valence-corrected chi connectivity index (χ0v) is 10.5. The van der Waals surface area contributed by atoms with E-state index in [1.54, 1.807) is 5.57 Å². The minimum Gasteiger partial charge on any atom is -0.0774 e. The summed E-state index contributed by atoms with van der Waals surface area (Å²) in [7, 11) is 0. The van der Waals surface area contributed by atoms with E-state index in [1.807, 2.05) is 0 Å². The van der Waals surface area contributed by atoms with Crippen LogP contribution in [0.4, 0.5) is 0 Å². The second-order valence-electron chi connectivity index (χ2n) is 6.05. The van der Waals surface area contributed by atoms with Gasteiger partial charge in [-0.15, -0.1) is 0 Å². The van der Waals surface area contributed by atoms with E-state index in [-0.39, 0.29) is 0 Å². The molecule has 0 spiro atoms. The fourth-order valence-electron chi connectivity index (χ4n) is 4.11. The predicted molar refractivity (Wildman–Crippen MR) is 69.2 cm³/mol. The van der Waals surface area contributed by atoms with Gasteiger partial charge >= 0.3 is 0 Å². The van der Waals surface area contributed by atoms with E-state index in [1.165, 1.54) is 51.4 Å². The lowest BCUT2D eigenvalue weighted by Gasteiger charge is -2.24. The number of rotatable bonds is 4. The molecular weight excluding hydrogens is 192 g/mol. The van der Waals surface area contributed by atoms with Gasteiger partial charge in [-0.1, -0.05) is 50.0 Å². The van der Waals surface area contributed by atoms with Crippen LogP contribution in [0.3, 0.4) is 0 Å². The molecule has 0 heterocycles. The predicted octanol–water partition coefficient (Wildman–Crippen LogP) is 4.87. The highest BCUT2D eigenvalue weighted by Crippen LogP contribution is 2.67. The molecule has 0 radical (unpaired) electrons. The topological polar surface area (TPSA) is 0 Å². The summed E-state index contributed by atoms with van der Waals surface area (Å²) in [4.78, 5) is 0. The van der Waals surface area contributed by atoms with E-state index in [4.69, 9.17) is 0 Å². The summed E-state index contributed by atoms with van der Waals surface area (Å²) < 4.78 is 0. The van der Waals surface area contributed by atoms with Crippen molar-refractivity contribution in [1.29, 1.82) is 0 Å². The summed E-state index contributed by atoms with van der Waals surface area (Å²) in [6, 6.07) is 0. The summed E-state index contributed by atoms with van der Waals surface area (Å²) in [5.74, 6) is 1.98. The van der Waals surface area contributed by atoms with Crippen LogP contribution in [0.15, 0.2) is 23.8 Å². The fraction of sp³-hybridized carbons (Fsp3) is 0.750. The van der Waals surface area contributed by atoms with E-state index < -0.39 is 0 Å². The molecule has 0 nitrogen and oxygen atoms in total. The summed E-state index contributed by atoms with van der Waals surface area (Å²) in [6.07, 6.45) is 18.9. The average molecular weight is 216 g/mol. The van der Waals surface area contributed by atoms with Crippen molar-refractivity contribution in [2.45, 2.75) is 58.3 Å². The van der Waals surface area contributed by atoms with Crippen LogP contribution in [0.25, 0.3) is 0 Å². The van der Waals surface area contributed by atoms with E-state index in [9.17, 15) is 0 Å². The Kier molecular flexibility index (Phi) is 2.69. The Balaban J connectivity index is 1.70. The Hall–Kier alpha value is -0.520. The van der Waals surface area contributed by atoms with Crippen molar-refractivity contribution >= 4 is 0 Å². The summed E-state index contributed by atoms with van der Waals surface area (Å²) in [5, 5.41) is 0. The van der Waals surface area contributed by atoms with Crippen LogP contribution in [0, 0.1) is 17.3 Å². The molecule has 0 aromatic heterocycles. The van der Waals surface area contributed by atoms with Gasteiger partial charge in [0, 0.05) is 0 Å². The van der Waals surface area contributed by atoms with E-state index in [2.05, 4.69) is 25.2 Å². The van der Waals surface area contributed by atoms with Crippen molar-refractivity contribution < 1.29 is 0 Å². The number of hydrogen-bond acceptors (Lipinski definition) is 0. The van der Waals surface area contributed by atoms with Crippen LogP contribution in [0.2, 0.25) is 0 Å². The Morgan fingerprint density at radius 1 is 1.31 bits per heavy atom. The zero-order valence-electron chi connectivity index (χ0n) is 10.5. The zero-order chi connectivity index (χ0) is 11.0. The third kappa shape index (κ3) is 1.58. The molecule has 0 aromatic rings. The first kappa shape index (κ1) is 10.6. The third-order valence-electron chi connectivity index (χ3n) is 5.14. The highest BCUT2D eigenvalue weighted by atomic mass is 14.6. The Labute approximate surface area is 99.8 Å². The maximum atomic E-state index is 2.56. The minimum atomic E-state index is 0.647. The molecule has 3 rings (SSSR count). The van der Waals surface area contributed by atoms with Crippen LogP contribution in [-0.2, 0) is 0 Å². The Morgan fingerprint density at radius 3 is 2.88 bits per heavy atom. The second kappa shape index (κ2) is 4.05. The molecule has 0 aliphatic heterocycles. The van der Waals surface area contributed by atoms with Gasteiger partial charge in [0.05, 0.1) is 0 Å². The molecule has 2 unspecified atom stereocenters. The van der Waals surface area contributed by atoms with Crippen molar-refractivity contribution in [2.24, 2.45) is 17.3 Å². The molecule has 0 bridgehead atoms. The molecule has 2 fully saturated rings. The van der Waals surface area contributed by atoms with Gasteiger partial charge < -0.3 is 0 Å². The molecule has 0 amide bonds. The van der Waals surface area contributed by atoms with Crippen molar-refractivity contribution in [2.75, 3.05) is 0 Å². The van der Waals surface area contributed by atoms with E-state index in [0.29, 0.717) is 5.41 Å². The summed E-state index contributed by atoms with van der Waals surface area (Å²) in [5.41, 5.74) is 2.42. The summed E-state index contributed by atoms with van der Waals surface area (Å²) in [6.45, 7) is 2.30. The lowest BCUT2D eigenvalue weighted by molar-refractivity contribution is 0.360. The smallest absolute Gasteiger partial charge is 0.00151 e. The molecular formula is C16H24. The lowest BCUT2D eigenvalue weighted by atomic mass is 9.80. The van der Waals surface area contributed by atoms with Crippen molar-refractivity contribution in [3.8, 4) is 0 Å². The maximum Gasteiger partial charge on any atom is -0.00151 e. The van der Waals surface area contributed by atoms with E-state index in [0.717, 1.165) is 11.8 Å². The Morgan fingerprint density at radius 2 is 2.12 bits per heavy atom. The van der Waals surface area contributed by atoms with Gasteiger partial charge in [-0.25, -0.2) is 0 Å². The first-order chi connectivity index (χ1) is 7.87. The quantitative estimate of drug-likeness (QED) is 0.629. The fourth-order valence-corrected chi connectivity index (χ4v) is 4.11. The van der Waals surface area contributed by atoms with Crippen molar-refractivity contribution in [3.05, 3.63) is 23.8 Å². The van der Waals surface area contributed by atoms with Gasteiger partial charge in [0.2, 0.25) is 0 Å². The molecule has 3 aliphatic rings. The second-order valence-corrected chi connectivity index (χ2v) is 6.05. The number of hydrogen-bond donors (Lipinski definition) is 0. The van der Waals surface area contributed by atoms with Gasteiger partial charge in [-0.05, 0) is 49.4 Å². The monoisotopic (exact) mass is 216 g/mol. The Bertz CT molecular complexity index is 317. The normalized spacial score (nSPS) is 37.3. The molecule has 0 saturated heterocycles. The van der Waals surface area contributed by atoms with Crippen LogP contribution >= 0.6 is 0 Å². The van der Waals surface area contributed by atoms with Crippen LogP contribution < -0.4 is 0 Å². The SMILES string of the molecule is CCCCC1=CC=CC2(C3CCCC3)CC12. The van der Waals surface area contributed by atoms with E-state index >= 15 is 0 Å². The van der Waals surface area contributed by atoms with Crippen LogP contribution in [-0.4, -0.2) is 0 Å². The van der Waals surface area contributed by atoms with Crippen LogP contribution in [0.5, 0.6) is 0 Å². The van der Waals surface area contributed by atoms with Gasteiger partial charge in [0.1, 0.15) is 0 Å². The van der Waals surface area contributed by atoms with Gasteiger partial charge in [-0.3, -0.25) is 0 Å². The highest BCUT2D eigenvalue weighted by molar-refractivity contribution is 5.37. The largest absolute Gasteiger partial charge is 0.0774 e. The van der Waals surface area contributed by atoms with Gasteiger partial charge in [-0.2, -0.15) is 0 Å². The maximum absolute atomic E-state index is 2.56. The molecule has 0 aromatic carbocycles. The first-order valence-electron chi connectivity index (χ1n) is 7.25. The number of unbranched alkanes of at least 4 members (excludes halogenated alkanes) is 1. The molecule has 2 saturated carbocycles. The van der Waals surface area contributed by atoms with Gasteiger partial charge in [0.15, 0.2) is 0 Å². The minimum absolute atomic E-state index is 0.647. The average Bonchev–Trinajstić information content (AvgIpc) is 2.82. The van der Waals surface area contributed by atoms with Crippen LogP contribution in [0.1, 0.15) is 58.3 Å². The molecule has 2 atom stereocenters. The first-order valence-corrected chi connectivity index (χ1v) is 7.25. The molecule has 0 N–H and O–H groups in total. The number of allylic oxidation sites excluding steroid dienone is 4. The molecule has 16 heavy (non-hydrogen) atoms. The van der Waals surface area contributed by atoms with Gasteiger partial charge in [0.25, 0.3) is 0 Å². The molecule has 0 heteroatoms. The molecule has 88 valence electrons. The van der Waals surface area contributed by atoms with Crippen molar-refractivity contribution in [1.82, 2.24) is 0 Å². The summed E-state index contributed by atoms with van der Waals surface area (Å²) >= 11 is 0. The number of fused-ring (bicyclic) bond motifs is 1. The lowest BCUT2D eigenvalue weighted by Crippen LogP contribution is -2.15. The third-order valence-corrected chi connectivity index (χ3v) is 5.14.